The number of rotatable bonds is 2. The first-order valence-electron chi connectivity index (χ1n) is 6.99. The highest BCUT2D eigenvalue weighted by Gasteiger charge is 2.23. The first-order valence-corrected chi connectivity index (χ1v) is 6.99. The molecule has 8 heteroatoms. The van der Waals surface area contributed by atoms with Crippen molar-refractivity contribution in [2.24, 2.45) is 0 Å². The summed E-state index contributed by atoms with van der Waals surface area (Å²) >= 11 is 0. The predicted molar refractivity (Wildman–Crippen MR) is 96.2 cm³/mol. The molecule has 0 aliphatic carbocycles. The zero-order chi connectivity index (χ0) is 17.6. The Kier molecular flexibility index (Phi) is 3.79. The lowest BCUT2D eigenvalue weighted by molar-refractivity contribution is -0.254. The summed E-state index contributed by atoms with van der Waals surface area (Å²) in [6.07, 6.45) is 0. The van der Waals surface area contributed by atoms with Crippen molar-refractivity contribution < 1.29 is 10.5 Å². The fourth-order valence-electron chi connectivity index (χ4n) is 2.34. The lowest BCUT2D eigenvalue weighted by atomic mass is 10.0. The van der Waals surface area contributed by atoms with E-state index in [-0.39, 0.29) is 28.6 Å². The van der Waals surface area contributed by atoms with Crippen LogP contribution in [0.15, 0.2) is 0 Å². The molecule has 0 heterocycles. The van der Waals surface area contributed by atoms with Crippen molar-refractivity contribution in [2.45, 2.75) is 20.8 Å². The number of ether oxygens (including phenoxy) is 1. The zero-order valence-corrected chi connectivity index (χ0v) is 13.6. The molecule has 0 bridgehead atoms. The molecule has 0 unspecified atom stereocenters. The molecule has 0 aliphatic rings. The third-order valence-electron chi connectivity index (χ3n) is 4.32. The largest absolute Gasteiger partial charge is 0.448 e. The van der Waals surface area contributed by atoms with Crippen molar-refractivity contribution in [1.29, 1.82) is 0 Å². The van der Waals surface area contributed by atoms with Gasteiger partial charge in [-0.25, -0.2) is 0 Å². The molecule has 2 aromatic carbocycles. The number of anilines is 6. The molecule has 15 N–H and O–H groups in total. The van der Waals surface area contributed by atoms with E-state index < -0.39 is 0 Å². The van der Waals surface area contributed by atoms with Crippen LogP contribution in [-0.2, 0) is 0 Å². The van der Waals surface area contributed by atoms with Crippen LogP contribution in [0.25, 0.3) is 0 Å². The third-order valence-corrected chi connectivity index (χ3v) is 4.32. The second kappa shape index (κ2) is 5.33. The van der Waals surface area contributed by atoms with Crippen LogP contribution < -0.4 is 44.9 Å². The maximum Gasteiger partial charge on any atom is 0.181 e. The SMILES string of the molecule is Cc1c(C)c(N)c(Oc2c(N)c(N)c(C)c([NH3+])c2N)c(N)c1N. The highest BCUT2D eigenvalue weighted by molar-refractivity contribution is 5.91. The highest BCUT2D eigenvalue weighted by Crippen LogP contribution is 2.48. The van der Waals surface area contributed by atoms with E-state index >= 15 is 0 Å². The Balaban J connectivity index is 2.71. The van der Waals surface area contributed by atoms with Gasteiger partial charge in [-0.05, 0) is 31.9 Å². The number of hydrogen-bond acceptors (Lipinski definition) is 7. The van der Waals surface area contributed by atoms with Gasteiger partial charge in [0.1, 0.15) is 17.1 Å². The normalized spacial score (nSPS) is 10.8. The average Bonchev–Trinajstić information content (AvgIpc) is 2.54. The van der Waals surface area contributed by atoms with Gasteiger partial charge in [0, 0.05) is 5.56 Å². The fourth-order valence-corrected chi connectivity index (χ4v) is 2.34. The van der Waals surface area contributed by atoms with Crippen LogP contribution >= 0.6 is 0 Å². The Morgan fingerprint density at radius 1 is 0.565 bits per heavy atom. The molecule has 0 saturated carbocycles. The third kappa shape index (κ3) is 2.29. The molecule has 8 nitrogen and oxygen atoms in total. The van der Waals surface area contributed by atoms with Crippen LogP contribution in [0.3, 0.4) is 0 Å². The summed E-state index contributed by atoms with van der Waals surface area (Å²) in [6, 6.07) is 0. The quantitative estimate of drug-likeness (QED) is 0.397. The summed E-state index contributed by atoms with van der Waals surface area (Å²) in [5.41, 5.74) is 44.8. The molecule has 0 amide bonds. The van der Waals surface area contributed by atoms with Gasteiger partial charge >= 0.3 is 0 Å². The molecule has 0 spiro atoms. The maximum atomic E-state index is 6.12. The number of quaternary nitrogens is 1. The van der Waals surface area contributed by atoms with Crippen LogP contribution in [-0.4, -0.2) is 0 Å². The minimum atomic E-state index is 0.180. The first-order chi connectivity index (χ1) is 10.6. The number of nitrogens with two attached hydrogens (primary N) is 6. The standard InChI is InChI=1S/C15H23N7O/c1-4-5(2)10(19)14(11(20)7(4)16)23-15-12(21)8(17)6(3)9(18)13(15)22/h16-22H2,1-3H3/p+1. The van der Waals surface area contributed by atoms with E-state index in [2.05, 4.69) is 5.73 Å². The van der Waals surface area contributed by atoms with Crippen molar-refractivity contribution in [3.8, 4) is 11.5 Å². The van der Waals surface area contributed by atoms with E-state index in [9.17, 15) is 0 Å². The van der Waals surface area contributed by atoms with Gasteiger partial charge in [-0.3, -0.25) is 0 Å². The summed E-state index contributed by atoms with van der Waals surface area (Å²) in [4.78, 5) is 0. The minimum absolute atomic E-state index is 0.180. The molecule has 2 aromatic rings. The molecule has 23 heavy (non-hydrogen) atoms. The van der Waals surface area contributed by atoms with Crippen LogP contribution in [0.5, 0.6) is 11.5 Å². The Hall–Kier alpha value is -3.00. The van der Waals surface area contributed by atoms with Crippen molar-refractivity contribution in [1.82, 2.24) is 0 Å². The molecule has 0 aliphatic heterocycles. The molecule has 0 atom stereocenters. The summed E-state index contributed by atoms with van der Waals surface area (Å²) in [5.74, 6) is 0.394. The minimum Gasteiger partial charge on any atom is -0.448 e. The molecule has 0 radical (unpaired) electrons. The maximum absolute atomic E-state index is 6.12. The number of hydrogen-bond donors (Lipinski definition) is 7. The van der Waals surface area contributed by atoms with E-state index in [0.29, 0.717) is 28.3 Å². The van der Waals surface area contributed by atoms with Gasteiger partial charge < -0.3 is 44.9 Å². The fraction of sp³-hybridized carbons (Fsp3) is 0.200. The smallest absolute Gasteiger partial charge is 0.181 e. The van der Waals surface area contributed by atoms with Crippen LogP contribution in [0.2, 0.25) is 0 Å². The van der Waals surface area contributed by atoms with Gasteiger partial charge in [0.2, 0.25) is 0 Å². The topological polar surface area (TPSA) is 193 Å². The molecule has 0 saturated heterocycles. The lowest BCUT2D eigenvalue weighted by Gasteiger charge is -2.20. The Labute approximate surface area is 134 Å². The average molecular weight is 318 g/mol. The second-order valence-electron chi connectivity index (χ2n) is 5.60. The van der Waals surface area contributed by atoms with E-state index in [4.69, 9.17) is 39.1 Å². The van der Waals surface area contributed by atoms with E-state index in [0.717, 1.165) is 11.1 Å². The van der Waals surface area contributed by atoms with Crippen molar-refractivity contribution in [3.05, 3.63) is 16.7 Å². The Morgan fingerprint density at radius 3 is 1.48 bits per heavy atom. The van der Waals surface area contributed by atoms with E-state index in [1.807, 2.05) is 13.8 Å². The molecule has 2 rings (SSSR count). The van der Waals surface area contributed by atoms with Gasteiger partial charge in [0.25, 0.3) is 0 Å². The van der Waals surface area contributed by atoms with Crippen LogP contribution in [0.4, 0.5) is 39.8 Å². The lowest BCUT2D eigenvalue weighted by Crippen LogP contribution is -2.42. The summed E-state index contributed by atoms with van der Waals surface area (Å²) in [6.45, 7) is 5.45. The molecule has 124 valence electrons. The van der Waals surface area contributed by atoms with Gasteiger partial charge in [0.15, 0.2) is 17.2 Å². The van der Waals surface area contributed by atoms with E-state index in [1.165, 1.54) is 0 Å². The molecular formula is C15H24N7O+. The van der Waals surface area contributed by atoms with Gasteiger partial charge in [-0.2, -0.15) is 0 Å². The zero-order valence-electron chi connectivity index (χ0n) is 13.6. The molecule has 0 aromatic heterocycles. The monoisotopic (exact) mass is 318 g/mol. The van der Waals surface area contributed by atoms with Crippen LogP contribution in [0, 0.1) is 20.8 Å². The van der Waals surface area contributed by atoms with Gasteiger partial charge in [-0.1, -0.05) is 0 Å². The van der Waals surface area contributed by atoms with Crippen molar-refractivity contribution >= 4 is 39.8 Å². The molecule has 0 fully saturated rings. The summed E-state index contributed by atoms with van der Waals surface area (Å²) < 4.78 is 5.83. The number of benzene rings is 2. The van der Waals surface area contributed by atoms with Gasteiger partial charge in [0.05, 0.1) is 17.1 Å². The second-order valence-corrected chi connectivity index (χ2v) is 5.60. The summed E-state index contributed by atoms with van der Waals surface area (Å²) in [5, 5.41) is 0. The summed E-state index contributed by atoms with van der Waals surface area (Å²) in [7, 11) is 0. The number of nitrogen functional groups attached to an aromatic ring is 6. The van der Waals surface area contributed by atoms with Crippen molar-refractivity contribution in [2.75, 3.05) is 34.4 Å². The van der Waals surface area contributed by atoms with Crippen LogP contribution in [0.1, 0.15) is 16.7 Å². The van der Waals surface area contributed by atoms with Crippen molar-refractivity contribution in [3.63, 3.8) is 0 Å². The van der Waals surface area contributed by atoms with E-state index in [1.54, 1.807) is 6.92 Å². The Morgan fingerprint density at radius 2 is 0.957 bits per heavy atom. The highest BCUT2D eigenvalue weighted by atomic mass is 16.5. The Bertz CT molecular complexity index is 689. The molecular weight excluding hydrogens is 294 g/mol. The van der Waals surface area contributed by atoms with Gasteiger partial charge in [-0.15, -0.1) is 0 Å². The first kappa shape index (κ1) is 16.4. The predicted octanol–water partition coefficient (Wildman–Crippen LogP) is 0.771.